The molecule has 3 unspecified atom stereocenters. The third-order valence-corrected chi connectivity index (χ3v) is 13.0. The van der Waals surface area contributed by atoms with Crippen LogP contribution in [0, 0.1) is 11.8 Å². The number of carbonyl (C=O) groups excluding carboxylic acids is 3. The Balaban J connectivity index is 1.41. The van der Waals surface area contributed by atoms with Crippen LogP contribution in [-0.2, 0) is 25.5 Å². The fraction of sp³-hybridized carbons (Fsp3) is 0.395. The summed E-state index contributed by atoms with van der Waals surface area (Å²) in [5, 5.41) is 12.7. The van der Waals surface area contributed by atoms with Gasteiger partial charge in [-0.25, -0.2) is 0 Å². The van der Waals surface area contributed by atoms with Crippen molar-refractivity contribution >= 4 is 61.9 Å². The fourth-order valence-electron chi connectivity index (χ4n) is 7.75. The first-order valence-electron chi connectivity index (χ1n) is 16.3. The number of carbonyl (C=O) groups is 3. The summed E-state index contributed by atoms with van der Waals surface area (Å²) >= 11 is 5.42. The van der Waals surface area contributed by atoms with E-state index in [2.05, 4.69) is 29.1 Å². The highest BCUT2D eigenvalue weighted by molar-refractivity contribution is 9.09. The molecular weight excluding hydrogens is 676 g/mol. The van der Waals surface area contributed by atoms with Gasteiger partial charge in [-0.1, -0.05) is 88.7 Å². The minimum Gasteiger partial charge on any atom is -0.465 e. The Labute approximate surface area is 289 Å². The van der Waals surface area contributed by atoms with Crippen LogP contribution in [0.1, 0.15) is 31.2 Å². The summed E-state index contributed by atoms with van der Waals surface area (Å²) in [4.78, 5) is 46.9. The maximum absolute atomic E-state index is 15.1. The van der Waals surface area contributed by atoms with Gasteiger partial charge in [-0.15, -0.1) is 24.9 Å². The number of esters is 1. The number of ether oxygens (including phenoxy) is 1. The number of hydrogen-bond acceptors (Lipinski definition) is 6. The van der Waals surface area contributed by atoms with Gasteiger partial charge in [0.05, 0.1) is 35.8 Å². The van der Waals surface area contributed by atoms with Crippen LogP contribution in [0.4, 0.5) is 5.69 Å². The molecule has 3 heterocycles. The Morgan fingerprint density at radius 1 is 1.06 bits per heavy atom. The van der Waals surface area contributed by atoms with Crippen molar-refractivity contribution in [2.75, 3.05) is 24.7 Å². The number of aliphatic hydroxyl groups excluding tert-OH is 1. The minimum atomic E-state index is -0.910. The predicted molar refractivity (Wildman–Crippen MR) is 192 cm³/mol. The van der Waals surface area contributed by atoms with Crippen LogP contribution >= 0.6 is 27.7 Å². The zero-order valence-electron chi connectivity index (χ0n) is 26.4. The second kappa shape index (κ2) is 14.4. The van der Waals surface area contributed by atoms with Crippen LogP contribution < -0.4 is 4.90 Å². The van der Waals surface area contributed by atoms with Crippen LogP contribution in [0.3, 0.4) is 0 Å². The first-order chi connectivity index (χ1) is 22.8. The number of benzene rings is 3. The van der Waals surface area contributed by atoms with E-state index in [0.29, 0.717) is 24.9 Å². The lowest BCUT2D eigenvalue weighted by molar-refractivity contribution is -0.154. The van der Waals surface area contributed by atoms with Crippen molar-refractivity contribution in [1.82, 2.24) is 4.90 Å². The third-order valence-electron chi connectivity index (χ3n) is 9.82. The molecule has 2 bridgehead atoms. The summed E-state index contributed by atoms with van der Waals surface area (Å²) < 4.78 is 4.93. The number of halogens is 1. The first-order valence-corrected chi connectivity index (χ1v) is 18.1. The smallest absolute Gasteiger partial charge is 0.310 e. The van der Waals surface area contributed by atoms with Crippen LogP contribution in [0.2, 0.25) is 0 Å². The zero-order chi connectivity index (χ0) is 33.1. The Bertz CT molecular complexity index is 1650. The number of unbranched alkanes of at least 4 members (excludes halogenated alkanes) is 2. The van der Waals surface area contributed by atoms with Gasteiger partial charge in [-0.2, -0.15) is 0 Å². The van der Waals surface area contributed by atoms with Crippen LogP contribution in [0.25, 0.3) is 10.8 Å². The average molecular weight is 718 g/mol. The quantitative estimate of drug-likeness (QED) is 0.0909. The molecule has 1 spiro atoms. The van der Waals surface area contributed by atoms with Gasteiger partial charge < -0.3 is 19.6 Å². The van der Waals surface area contributed by atoms with Gasteiger partial charge in [0.2, 0.25) is 5.91 Å². The first kappa shape index (κ1) is 33.5. The van der Waals surface area contributed by atoms with Crippen LogP contribution in [0.15, 0.2) is 98.1 Å². The van der Waals surface area contributed by atoms with Crippen LogP contribution in [0.5, 0.6) is 0 Å². The molecule has 0 radical (unpaired) electrons. The van der Waals surface area contributed by atoms with E-state index in [-0.39, 0.29) is 47.6 Å². The summed E-state index contributed by atoms with van der Waals surface area (Å²) in [6, 6.07) is 22.0. The maximum Gasteiger partial charge on any atom is 0.310 e. The Kier molecular flexibility index (Phi) is 10.2. The summed E-state index contributed by atoms with van der Waals surface area (Å²) in [5.41, 5.74) is 1.65. The van der Waals surface area contributed by atoms with Crippen molar-refractivity contribution in [1.29, 1.82) is 0 Å². The molecule has 3 fully saturated rings. The van der Waals surface area contributed by atoms with Gasteiger partial charge >= 0.3 is 5.97 Å². The number of anilines is 1. The van der Waals surface area contributed by atoms with E-state index in [1.807, 2.05) is 78.9 Å². The molecular formula is C38H41BrN2O5S. The molecule has 0 saturated carbocycles. The predicted octanol–water partition coefficient (Wildman–Crippen LogP) is 6.33. The van der Waals surface area contributed by atoms with E-state index in [0.717, 1.165) is 29.2 Å². The van der Waals surface area contributed by atoms with Gasteiger partial charge in [0.1, 0.15) is 6.04 Å². The SMILES string of the molecule is C=CCCCCOC(=O)[C@H]1[C@H]2C(=O)N([C@@H](CO)Cc3ccccc3)C(C(=O)N(CC=C)c3ccc4ccccc4c3)C23CC(Br)[C@@H]1S3. The lowest BCUT2D eigenvalue weighted by Crippen LogP contribution is -2.58. The molecule has 3 aliphatic heterocycles. The van der Waals surface area contributed by atoms with E-state index >= 15 is 4.79 Å². The molecule has 7 atom stereocenters. The highest BCUT2D eigenvalue weighted by Crippen LogP contribution is 2.68. The van der Waals surface area contributed by atoms with Gasteiger partial charge in [0, 0.05) is 22.3 Å². The fourth-order valence-corrected chi connectivity index (χ4v) is 11.3. The third kappa shape index (κ3) is 6.18. The molecule has 6 rings (SSSR count). The van der Waals surface area contributed by atoms with E-state index in [9.17, 15) is 14.7 Å². The minimum absolute atomic E-state index is 0.0830. The number of alkyl halides is 1. The second-order valence-corrected chi connectivity index (χ2v) is 15.4. The van der Waals surface area contributed by atoms with Gasteiger partial charge in [0.25, 0.3) is 5.91 Å². The zero-order valence-corrected chi connectivity index (χ0v) is 28.8. The number of hydrogen-bond donors (Lipinski definition) is 1. The summed E-state index contributed by atoms with van der Waals surface area (Å²) in [6.45, 7) is 7.89. The topological polar surface area (TPSA) is 87.1 Å². The Morgan fingerprint density at radius 3 is 2.53 bits per heavy atom. The normalized spacial score (nSPS) is 26.6. The van der Waals surface area contributed by atoms with Crippen molar-refractivity contribution in [3.63, 3.8) is 0 Å². The number of rotatable bonds is 14. The summed E-state index contributed by atoms with van der Waals surface area (Å²) in [5.74, 6) is -2.34. The molecule has 0 aromatic heterocycles. The molecule has 7 nitrogen and oxygen atoms in total. The molecule has 3 aliphatic rings. The number of allylic oxidation sites excluding steroid dienone is 1. The standard InChI is InChI=1S/C38H41BrN2O5S/c1-3-5-6-12-20-46-37(45)31-32-35(43)41(29(24-42)21-25-13-8-7-9-14-25)34(38(32)23-30(39)33(31)47-38)36(44)40(19-4-2)28-18-17-26-15-10-11-16-27(26)22-28/h3-4,7-11,13-18,22,29-34,42H,1-2,5-6,12,19-21,23-24H2/t29-,30?,31+,32+,33+,34?,38?/m1/s1. The van der Waals surface area contributed by atoms with E-state index in [1.54, 1.807) is 27.6 Å². The largest absolute Gasteiger partial charge is 0.465 e. The molecule has 2 amide bonds. The van der Waals surface area contributed by atoms with Gasteiger partial charge in [-0.05, 0) is 60.6 Å². The molecule has 0 aliphatic carbocycles. The van der Waals surface area contributed by atoms with Gasteiger partial charge in [-0.3, -0.25) is 14.4 Å². The lowest BCUT2D eigenvalue weighted by atomic mass is 9.71. The van der Waals surface area contributed by atoms with E-state index < -0.39 is 28.7 Å². The molecule has 3 saturated heterocycles. The summed E-state index contributed by atoms with van der Waals surface area (Å²) in [6.07, 6.45) is 6.86. The van der Waals surface area contributed by atoms with Crippen molar-refractivity contribution in [3.05, 3.63) is 104 Å². The number of thioether (sulfide) groups is 1. The molecule has 47 heavy (non-hydrogen) atoms. The number of aliphatic hydroxyl groups is 1. The van der Waals surface area contributed by atoms with Gasteiger partial charge in [0.15, 0.2) is 0 Å². The average Bonchev–Trinajstić information content (AvgIpc) is 3.69. The lowest BCUT2D eigenvalue weighted by Gasteiger charge is -2.40. The number of likely N-dealkylation sites (tertiary alicyclic amines) is 1. The Hall–Kier alpha value is -3.40. The molecule has 9 heteroatoms. The molecule has 3 aromatic carbocycles. The van der Waals surface area contributed by atoms with Crippen LogP contribution in [-0.4, -0.2) is 74.5 Å². The van der Waals surface area contributed by atoms with Crippen molar-refractivity contribution in [2.24, 2.45) is 11.8 Å². The second-order valence-electron chi connectivity index (χ2n) is 12.7. The Morgan fingerprint density at radius 2 is 1.81 bits per heavy atom. The van der Waals surface area contributed by atoms with Crippen molar-refractivity contribution < 1.29 is 24.2 Å². The molecule has 3 aromatic rings. The highest BCUT2D eigenvalue weighted by Gasteiger charge is 2.76. The highest BCUT2D eigenvalue weighted by atomic mass is 79.9. The number of fused-ring (bicyclic) bond motifs is 2. The van der Waals surface area contributed by atoms with Crippen molar-refractivity contribution in [2.45, 2.75) is 59.0 Å². The van der Waals surface area contributed by atoms with E-state index in [4.69, 9.17) is 4.74 Å². The number of amides is 2. The monoisotopic (exact) mass is 716 g/mol. The summed E-state index contributed by atoms with van der Waals surface area (Å²) in [7, 11) is 0. The van der Waals surface area contributed by atoms with E-state index in [1.165, 1.54) is 0 Å². The van der Waals surface area contributed by atoms with Crippen molar-refractivity contribution in [3.8, 4) is 0 Å². The molecule has 1 N–H and O–H groups in total. The maximum atomic E-state index is 15.1. The number of nitrogens with zero attached hydrogens (tertiary/aromatic N) is 2. The molecule has 246 valence electrons.